The van der Waals surface area contributed by atoms with E-state index in [1.54, 1.807) is 0 Å². The molecule has 1 heterocycles. The summed E-state index contributed by atoms with van der Waals surface area (Å²) in [4.78, 5) is 10.4. The molecule has 1 amide bonds. The number of hydrogen-bond acceptors (Lipinski definition) is 3. The van der Waals surface area contributed by atoms with Crippen molar-refractivity contribution in [2.24, 2.45) is 5.73 Å². The Bertz CT molecular complexity index is 171. The lowest BCUT2D eigenvalue weighted by Crippen LogP contribution is -2.34. The van der Waals surface area contributed by atoms with Gasteiger partial charge in [-0.2, -0.15) is 0 Å². The second-order valence-electron chi connectivity index (χ2n) is 3.20. The van der Waals surface area contributed by atoms with Crippen LogP contribution in [0.25, 0.3) is 0 Å². The number of carbonyl (C=O) groups is 1. The van der Waals surface area contributed by atoms with Crippen molar-refractivity contribution in [3.63, 3.8) is 0 Å². The minimum absolute atomic E-state index is 0.152. The molecule has 1 rings (SSSR count). The molecule has 0 aromatic heterocycles. The highest BCUT2D eigenvalue weighted by atomic mass is 16.6. The summed E-state index contributed by atoms with van der Waals surface area (Å²) in [5, 5.41) is 0. The molecule has 0 aliphatic carbocycles. The highest BCUT2D eigenvalue weighted by molar-refractivity contribution is 5.65. The van der Waals surface area contributed by atoms with E-state index in [-0.39, 0.29) is 6.10 Å². The molecule has 0 radical (unpaired) electrons. The van der Waals surface area contributed by atoms with E-state index in [0.717, 1.165) is 6.42 Å². The van der Waals surface area contributed by atoms with Crippen LogP contribution in [0.1, 0.15) is 20.3 Å². The molecule has 4 nitrogen and oxygen atoms in total. The average molecular weight is 159 g/mol. The summed E-state index contributed by atoms with van der Waals surface area (Å²) in [7, 11) is 0. The van der Waals surface area contributed by atoms with Crippen LogP contribution in [0, 0.1) is 0 Å². The monoisotopic (exact) mass is 159 g/mol. The van der Waals surface area contributed by atoms with E-state index in [0.29, 0.717) is 6.61 Å². The standard InChI is InChI=1S/C7H13NO3/c1-5-3-7(2,4-10-5)11-6(8)9/h5H,3-4H2,1-2H3,(H2,8,9). The van der Waals surface area contributed by atoms with Gasteiger partial charge in [-0.15, -0.1) is 0 Å². The van der Waals surface area contributed by atoms with Crippen LogP contribution in [0.5, 0.6) is 0 Å². The van der Waals surface area contributed by atoms with Crippen molar-refractivity contribution >= 4 is 6.09 Å². The quantitative estimate of drug-likeness (QED) is 0.611. The maximum absolute atomic E-state index is 10.4. The summed E-state index contributed by atoms with van der Waals surface area (Å²) in [6.07, 6.45) is 0.139. The van der Waals surface area contributed by atoms with Crippen LogP contribution >= 0.6 is 0 Å². The minimum atomic E-state index is -0.731. The molecule has 1 aliphatic rings. The Morgan fingerprint density at radius 3 is 2.82 bits per heavy atom. The number of nitrogens with two attached hydrogens (primary N) is 1. The molecule has 2 atom stereocenters. The molecule has 1 fully saturated rings. The summed E-state index contributed by atoms with van der Waals surface area (Å²) in [5.74, 6) is 0. The fourth-order valence-electron chi connectivity index (χ4n) is 1.36. The first-order valence-electron chi connectivity index (χ1n) is 3.62. The second kappa shape index (κ2) is 2.70. The van der Waals surface area contributed by atoms with Gasteiger partial charge in [-0.05, 0) is 13.8 Å². The summed E-state index contributed by atoms with van der Waals surface area (Å²) < 4.78 is 10.1. The second-order valence-corrected chi connectivity index (χ2v) is 3.20. The molecular weight excluding hydrogens is 146 g/mol. The van der Waals surface area contributed by atoms with Crippen LogP contribution in [0.15, 0.2) is 0 Å². The zero-order valence-electron chi connectivity index (χ0n) is 6.79. The van der Waals surface area contributed by atoms with Crippen LogP contribution in [-0.2, 0) is 9.47 Å². The van der Waals surface area contributed by atoms with E-state index in [2.05, 4.69) is 0 Å². The van der Waals surface area contributed by atoms with Gasteiger partial charge in [0.15, 0.2) is 0 Å². The lowest BCUT2D eigenvalue weighted by molar-refractivity contribution is 0.0185. The van der Waals surface area contributed by atoms with Crippen molar-refractivity contribution in [2.45, 2.75) is 32.0 Å². The topological polar surface area (TPSA) is 61.5 Å². The van der Waals surface area contributed by atoms with E-state index >= 15 is 0 Å². The van der Waals surface area contributed by atoms with Crippen LogP contribution in [-0.4, -0.2) is 24.4 Å². The average Bonchev–Trinajstić information content (AvgIpc) is 2.08. The van der Waals surface area contributed by atoms with Crippen LogP contribution < -0.4 is 5.73 Å². The Hall–Kier alpha value is -0.770. The minimum Gasteiger partial charge on any atom is -0.441 e. The Morgan fingerprint density at radius 1 is 1.82 bits per heavy atom. The number of primary amides is 1. The van der Waals surface area contributed by atoms with Gasteiger partial charge in [0.1, 0.15) is 5.60 Å². The van der Waals surface area contributed by atoms with Crippen molar-refractivity contribution < 1.29 is 14.3 Å². The van der Waals surface area contributed by atoms with Gasteiger partial charge in [-0.3, -0.25) is 0 Å². The first kappa shape index (κ1) is 8.33. The van der Waals surface area contributed by atoms with Crippen LogP contribution in [0.3, 0.4) is 0 Å². The molecule has 0 aromatic carbocycles. The third-order valence-corrected chi connectivity index (χ3v) is 1.74. The third-order valence-electron chi connectivity index (χ3n) is 1.74. The van der Waals surface area contributed by atoms with Crippen molar-refractivity contribution in [3.8, 4) is 0 Å². The number of amides is 1. The third kappa shape index (κ3) is 2.08. The van der Waals surface area contributed by atoms with Gasteiger partial charge >= 0.3 is 6.09 Å². The SMILES string of the molecule is CC1CC(C)(OC(N)=O)CO1. The van der Waals surface area contributed by atoms with E-state index in [1.165, 1.54) is 0 Å². The van der Waals surface area contributed by atoms with Crippen molar-refractivity contribution in [2.75, 3.05) is 6.61 Å². The van der Waals surface area contributed by atoms with E-state index in [9.17, 15) is 4.79 Å². The Balaban J connectivity index is 2.48. The Labute approximate surface area is 65.7 Å². The normalized spacial score (nSPS) is 37.1. The first-order chi connectivity index (χ1) is 5.02. The Morgan fingerprint density at radius 2 is 2.45 bits per heavy atom. The van der Waals surface area contributed by atoms with Gasteiger partial charge in [-0.1, -0.05) is 0 Å². The molecule has 1 saturated heterocycles. The number of ether oxygens (including phenoxy) is 2. The van der Waals surface area contributed by atoms with E-state index in [4.69, 9.17) is 15.2 Å². The summed E-state index contributed by atoms with van der Waals surface area (Å²) in [5.41, 5.74) is 4.38. The zero-order chi connectivity index (χ0) is 8.48. The summed E-state index contributed by atoms with van der Waals surface area (Å²) in [6, 6.07) is 0. The smallest absolute Gasteiger partial charge is 0.405 e. The molecule has 11 heavy (non-hydrogen) atoms. The molecule has 2 N–H and O–H groups in total. The van der Waals surface area contributed by atoms with Gasteiger partial charge in [0, 0.05) is 6.42 Å². The molecule has 0 spiro atoms. The van der Waals surface area contributed by atoms with E-state index in [1.807, 2.05) is 13.8 Å². The molecule has 4 heteroatoms. The van der Waals surface area contributed by atoms with Crippen molar-refractivity contribution in [1.29, 1.82) is 0 Å². The zero-order valence-corrected chi connectivity index (χ0v) is 6.79. The lowest BCUT2D eigenvalue weighted by atomic mass is 10.0. The number of carbonyl (C=O) groups excluding carboxylic acids is 1. The maximum atomic E-state index is 10.4. The van der Waals surface area contributed by atoms with E-state index < -0.39 is 11.7 Å². The summed E-state index contributed by atoms with van der Waals surface area (Å²) in [6.45, 7) is 4.20. The molecule has 0 bridgehead atoms. The number of rotatable bonds is 1. The molecule has 1 aliphatic heterocycles. The molecular formula is C7H13NO3. The highest BCUT2D eigenvalue weighted by Crippen LogP contribution is 2.26. The first-order valence-corrected chi connectivity index (χ1v) is 3.62. The maximum Gasteiger partial charge on any atom is 0.405 e. The molecule has 0 saturated carbocycles. The highest BCUT2D eigenvalue weighted by Gasteiger charge is 2.37. The molecule has 64 valence electrons. The molecule has 0 aromatic rings. The van der Waals surface area contributed by atoms with Gasteiger partial charge < -0.3 is 15.2 Å². The molecule has 2 unspecified atom stereocenters. The largest absolute Gasteiger partial charge is 0.441 e. The van der Waals surface area contributed by atoms with Crippen molar-refractivity contribution in [1.82, 2.24) is 0 Å². The fraction of sp³-hybridized carbons (Fsp3) is 0.857. The predicted octanol–water partition coefficient (Wildman–Crippen LogP) is 0.649. The lowest BCUT2D eigenvalue weighted by Gasteiger charge is -2.20. The van der Waals surface area contributed by atoms with Crippen LogP contribution in [0.2, 0.25) is 0 Å². The summed E-state index contributed by atoms with van der Waals surface area (Å²) >= 11 is 0. The van der Waals surface area contributed by atoms with Gasteiger partial charge in [0.2, 0.25) is 0 Å². The van der Waals surface area contributed by atoms with Gasteiger partial charge in [-0.25, -0.2) is 4.79 Å². The fourth-order valence-corrected chi connectivity index (χ4v) is 1.36. The predicted molar refractivity (Wildman–Crippen MR) is 39.1 cm³/mol. The van der Waals surface area contributed by atoms with Gasteiger partial charge in [0.05, 0.1) is 12.7 Å². The number of hydrogen-bond donors (Lipinski definition) is 1. The van der Waals surface area contributed by atoms with Gasteiger partial charge in [0.25, 0.3) is 0 Å². The van der Waals surface area contributed by atoms with Crippen molar-refractivity contribution in [3.05, 3.63) is 0 Å². The Kier molecular flexibility index (Phi) is 2.04. The van der Waals surface area contributed by atoms with Crippen LogP contribution in [0.4, 0.5) is 4.79 Å².